The molecule has 2 aromatic rings. The average Bonchev–Trinajstić information content (AvgIpc) is 3.35. The van der Waals surface area contributed by atoms with Gasteiger partial charge in [0.2, 0.25) is 5.95 Å². The Hall–Kier alpha value is -2.43. The van der Waals surface area contributed by atoms with Gasteiger partial charge in [0.15, 0.2) is 0 Å². The van der Waals surface area contributed by atoms with Crippen LogP contribution in [0.2, 0.25) is 0 Å². The lowest BCUT2D eigenvalue weighted by molar-refractivity contribution is 0.0923. The molecule has 27 heavy (non-hydrogen) atoms. The monoisotopic (exact) mass is 362 g/mol. The van der Waals surface area contributed by atoms with Gasteiger partial charge in [0.25, 0.3) is 5.91 Å². The first-order valence-corrected chi connectivity index (χ1v) is 10.1. The summed E-state index contributed by atoms with van der Waals surface area (Å²) in [5.41, 5.74) is 5.06. The quantitative estimate of drug-likeness (QED) is 0.904. The third-order valence-corrected chi connectivity index (χ3v) is 6.50. The number of anilines is 2. The third-order valence-electron chi connectivity index (χ3n) is 6.50. The van der Waals surface area contributed by atoms with Crippen molar-refractivity contribution in [1.29, 1.82) is 0 Å². The molecule has 5 rings (SSSR count). The summed E-state index contributed by atoms with van der Waals surface area (Å²) >= 11 is 0. The Labute approximate surface area is 160 Å². The third kappa shape index (κ3) is 2.99. The first-order chi connectivity index (χ1) is 13.1. The van der Waals surface area contributed by atoms with Crippen molar-refractivity contribution in [3.05, 3.63) is 46.8 Å². The molecule has 140 valence electrons. The number of hydrogen-bond acceptors (Lipinski definition) is 4. The summed E-state index contributed by atoms with van der Waals surface area (Å²) in [5, 5.41) is 3.30. The highest BCUT2D eigenvalue weighted by atomic mass is 16.1. The van der Waals surface area contributed by atoms with E-state index in [1.54, 1.807) is 0 Å². The van der Waals surface area contributed by atoms with E-state index in [9.17, 15) is 4.79 Å². The van der Waals surface area contributed by atoms with Gasteiger partial charge in [-0.25, -0.2) is 9.97 Å². The molecule has 0 unspecified atom stereocenters. The molecule has 1 amide bonds. The van der Waals surface area contributed by atoms with Crippen molar-refractivity contribution in [3.63, 3.8) is 0 Å². The molecule has 2 heterocycles. The van der Waals surface area contributed by atoms with Gasteiger partial charge in [-0.3, -0.25) is 4.79 Å². The number of nitrogens with one attached hydrogen (secondary N) is 1. The minimum absolute atomic E-state index is 0.0800. The minimum Gasteiger partial charge on any atom is -0.349 e. The van der Waals surface area contributed by atoms with E-state index in [4.69, 9.17) is 0 Å². The van der Waals surface area contributed by atoms with Gasteiger partial charge in [-0.05, 0) is 81.2 Å². The number of benzene rings is 1. The molecule has 0 saturated heterocycles. The average molecular weight is 362 g/mol. The van der Waals surface area contributed by atoms with E-state index in [1.807, 2.05) is 26.0 Å². The lowest BCUT2D eigenvalue weighted by atomic mass is 9.95. The van der Waals surface area contributed by atoms with E-state index in [2.05, 4.69) is 32.3 Å². The predicted octanol–water partition coefficient (Wildman–Crippen LogP) is 3.71. The zero-order valence-electron chi connectivity index (χ0n) is 16.0. The molecule has 2 saturated carbocycles. The van der Waals surface area contributed by atoms with Crippen LogP contribution in [0, 0.1) is 25.7 Å². The van der Waals surface area contributed by atoms with Crippen molar-refractivity contribution >= 4 is 17.5 Å². The second-order valence-electron chi connectivity index (χ2n) is 8.45. The Bertz CT molecular complexity index is 889. The molecular formula is C22H26N4O. The van der Waals surface area contributed by atoms with Crippen LogP contribution in [0.1, 0.15) is 53.0 Å². The summed E-state index contributed by atoms with van der Waals surface area (Å²) in [6.45, 7) is 4.85. The predicted molar refractivity (Wildman–Crippen MR) is 105 cm³/mol. The van der Waals surface area contributed by atoms with Crippen molar-refractivity contribution in [2.24, 2.45) is 11.8 Å². The van der Waals surface area contributed by atoms with E-state index in [-0.39, 0.29) is 5.91 Å². The van der Waals surface area contributed by atoms with E-state index in [0.29, 0.717) is 12.0 Å². The second kappa shape index (κ2) is 6.32. The van der Waals surface area contributed by atoms with Crippen molar-refractivity contribution in [3.8, 4) is 0 Å². The van der Waals surface area contributed by atoms with Gasteiger partial charge in [0.1, 0.15) is 0 Å². The Morgan fingerprint density at radius 3 is 2.63 bits per heavy atom. The van der Waals surface area contributed by atoms with Crippen LogP contribution in [-0.2, 0) is 6.42 Å². The van der Waals surface area contributed by atoms with E-state index >= 15 is 0 Å². The normalized spacial score (nSPS) is 25.7. The maximum atomic E-state index is 12.8. The van der Waals surface area contributed by atoms with Crippen LogP contribution >= 0.6 is 0 Å². The van der Waals surface area contributed by atoms with Crippen molar-refractivity contribution < 1.29 is 4.79 Å². The molecule has 0 spiro atoms. The van der Waals surface area contributed by atoms with Gasteiger partial charge in [-0.1, -0.05) is 6.42 Å². The van der Waals surface area contributed by atoms with Crippen LogP contribution in [0.4, 0.5) is 11.6 Å². The fourth-order valence-electron chi connectivity index (χ4n) is 5.25. The van der Waals surface area contributed by atoms with E-state index in [0.717, 1.165) is 47.5 Å². The van der Waals surface area contributed by atoms with Crippen LogP contribution in [0.25, 0.3) is 0 Å². The maximum absolute atomic E-state index is 12.8. The molecule has 2 fully saturated rings. The van der Waals surface area contributed by atoms with Crippen LogP contribution in [0.3, 0.4) is 0 Å². The van der Waals surface area contributed by atoms with Crippen LogP contribution < -0.4 is 10.2 Å². The topological polar surface area (TPSA) is 58.1 Å². The maximum Gasteiger partial charge on any atom is 0.251 e. The van der Waals surface area contributed by atoms with E-state index in [1.165, 1.54) is 31.2 Å². The molecule has 1 aromatic heterocycles. The number of nitrogens with zero attached hydrogens (tertiary/aromatic N) is 3. The number of aromatic nitrogens is 2. The van der Waals surface area contributed by atoms with Crippen LogP contribution in [0.5, 0.6) is 0 Å². The number of hydrogen-bond donors (Lipinski definition) is 1. The summed E-state index contributed by atoms with van der Waals surface area (Å²) in [6.07, 6.45) is 6.02. The molecule has 5 nitrogen and oxygen atoms in total. The summed E-state index contributed by atoms with van der Waals surface area (Å²) in [7, 11) is 0. The number of aryl methyl sites for hydroxylation is 2. The first-order valence-electron chi connectivity index (χ1n) is 10.1. The van der Waals surface area contributed by atoms with Gasteiger partial charge in [-0.2, -0.15) is 0 Å². The fourth-order valence-corrected chi connectivity index (χ4v) is 5.25. The van der Waals surface area contributed by atoms with Gasteiger partial charge in [-0.15, -0.1) is 0 Å². The number of rotatable bonds is 3. The van der Waals surface area contributed by atoms with Crippen molar-refractivity contribution in [2.45, 2.75) is 52.0 Å². The molecule has 2 aliphatic carbocycles. The molecular weight excluding hydrogens is 336 g/mol. The number of carbonyl (C=O) groups is 1. The van der Waals surface area contributed by atoms with Gasteiger partial charge >= 0.3 is 0 Å². The highest BCUT2D eigenvalue weighted by molar-refractivity contribution is 5.95. The van der Waals surface area contributed by atoms with Crippen LogP contribution in [0.15, 0.2) is 24.3 Å². The van der Waals surface area contributed by atoms with Gasteiger partial charge in [0, 0.05) is 35.2 Å². The zero-order valence-corrected chi connectivity index (χ0v) is 16.0. The molecule has 1 N–H and O–H groups in total. The zero-order chi connectivity index (χ0) is 18.5. The second-order valence-corrected chi connectivity index (χ2v) is 8.45. The van der Waals surface area contributed by atoms with Gasteiger partial charge < -0.3 is 10.2 Å². The molecule has 0 radical (unpaired) electrons. The molecule has 5 heteroatoms. The molecule has 1 aromatic carbocycles. The standard InChI is InChI=1S/C22H26N4O/c1-13-9-14(2)24-22(23-13)26-8-7-17-12-18(5-6-20(17)26)21(27)25-19-11-15-3-4-16(19)10-15/h5-6,9,12,15-16,19H,3-4,7-8,10-11H2,1-2H3,(H,25,27)/t15-,16+,19-/m0/s1. The lowest BCUT2D eigenvalue weighted by Gasteiger charge is -2.23. The molecule has 3 aliphatic rings. The van der Waals surface area contributed by atoms with Crippen molar-refractivity contribution in [2.75, 3.05) is 11.4 Å². The first kappa shape index (κ1) is 16.7. The Morgan fingerprint density at radius 1 is 1.11 bits per heavy atom. The Morgan fingerprint density at radius 2 is 1.93 bits per heavy atom. The highest BCUT2D eigenvalue weighted by Gasteiger charge is 2.40. The lowest BCUT2D eigenvalue weighted by Crippen LogP contribution is -2.38. The van der Waals surface area contributed by atoms with Crippen LogP contribution in [-0.4, -0.2) is 28.5 Å². The fraction of sp³-hybridized carbons (Fsp3) is 0.500. The highest BCUT2D eigenvalue weighted by Crippen LogP contribution is 2.44. The van der Waals surface area contributed by atoms with Gasteiger partial charge in [0.05, 0.1) is 0 Å². The molecule has 2 bridgehead atoms. The Balaban J connectivity index is 1.35. The summed E-state index contributed by atoms with van der Waals surface area (Å²) in [4.78, 5) is 24.1. The number of amides is 1. The summed E-state index contributed by atoms with van der Waals surface area (Å²) in [5.74, 6) is 2.37. The largest absolute Gasteiger partial charge is 0.349 e. The number of fused-ring (bicyclic) bond motifs is 3. The smallest absolute Gasteiger partial charge is 0.251 e. The molecule has 1 aliphatic heterocycles. The summed E-state index contributed by atoms with van der Waals surface area (Å²) < 4.78 is 0. The Kier molecular flexibility index (Phi) is 3.92. The minimum atomic E-state index is 0.0800. The molecule has 3 atom stereocenters. The van der Waals surface area contributed by atoms with E-state index < -0.39 is 0 Å². The summed E-state index contributed by atoms with van der Waals surface area (Å²) in [6, 6.07) is 8.43. The SMILES string of the molecule is Cc1cc(C)nc(N2CCc3cc(C(=O)N[C@H]4C[C@H]5CC[C@@H]4C5)ccc32)n1. The van der Waals surface area contributed by atoms with Crippen molar-refractivity contribution in [1.82, 2.24) is 15.3 Å². The number of carbonyl (C=O) groups excluding carboxylic acids is 1.